The number of aromatic nitrogens is 3. The molecule has 0 radical (unpaired) electrons. The Labute approximate surface area is 177 Å². The van der Waals surface area contributed by atoms with Crippen molar-refractivity contribution in [1.29, 1.82) is 0 Å². The predicted molar refractivity (Wildman–Crippen MR) is 120 cm³/mol. The number of likely N-dealkylation sites (N-methyl/N-ethyl adjacent to an activating group) is 1. The van der Waals surface area contributed by atoms with Crippen molar-refractivity contribution >= 4 is 10.9 Å². The van der Waals surface area contributed by atoms with Gasteiger partial charge in [0, 0.05) is 42.0 Å². The summed E-state index contributed by atoms with van der Waals surface area (Å²) in [6, 6.07) is 9.12. The Morgan fingerprint density at radius 3 is 2.90 bits per heavy atom. The van der Waals surface area contributed by atoms with Crippen LogP contribution < -0.4 is 5.56 Å². The topological polar surface area (TPSA) is 57.2 Å². The first-order valence-electron chi connectivity index (χ1n) is 11.2. The predicted octanol–water partition coefficient (Wildman–Crippen LogP) is 3.64. The van der Waals surface area contributed by atoms with Crippen LogP contribution in [0.5, 0.6) is 0 Å². The third-order valence-corrected chi connectivity index (χ3v) is 6.81. The number of hydrogen-bond acceptors (Lipinski definition) is 4. The van der Waals surface area contributed by atoms with Crippen molar-refractivity contribution in [2.75, 3.05) is 26.7 Å². The first kappa shape index (κ1) is 19.5. The highest BCUT2D eigenvalue weighted by Crippen LogP contribution is 2.33. The molecule has 0 aliphatic carbocycles. The monoisotopic (exact) mass is 405 g/mol. The standard InChI is InChI=1S/C24H31N5O/c1-17-6-7-18-12-19(24(30)26-22(18)11-17)14-28-9-4-3-5-23(28)20-13-25-29(15-20)21-8-10-27(2)16-21/h6-7,11-13,15,21,23H,3-5,8-10,14,16H2,1-2H3,(H,26,30). The average Bonchev–Trinajstić information content (AvgIpc) is 3.38. The molecule has 2 aliphatic rings. The first-order chi connectivity index (χ1) is 14.6. The molecule has 30 heavy (non-hydrogen) atoms. The van der Waals surface area contributed by atoms with Crippen LogP contribution in [0, 0.1) is 6.92 Å². The zero-order valence-electron chi connectivity index (χ0n) is 18.0. The molecule has 2 aliphatic heterocycles. The van der Waals surface area contributed by atoms with Crippen LogP contribution >= 0.6 is 0 Å². The van der Waals surface area contributed by atoms with E-state index in [2.05, 4.69) is 57.1 Å². The van der Waals surface area contributed by atoms with Gasteiger partial charge in [0.1, 0.15) is 0 Å². The minimum Gasteiger partial charge on any atom is -0.322 e. The molecule has 6 nitrogen and oxygen atoms in total. The molecule has 0 spiro atoms. The maximum absolute atomic E-state index is 12.8. The van der Waals surface area contributed by atoms with Gasteiger partial charge in [-0.2, -0.15) is 5.10 Å². The number of piperidine rings is 1. The van der Waals surface area contributed by atoms with Crippen molar-refractivity contribution in [3.05, 3.63) is 63.7 Å². The van der Waals surface area contributed by atoms with Crippen LogP contribution in [-0.4, -0.2) is 51.2 Å². The number of fused-ring (bicyclic) bond motifs is 1. The summed E-state index contributed by atoms with van der Waals surface area (Å²) >= 11 is 0. The van der Waals surface area contributed by atoms with E-state index in [-0.39, 0.29) is 5.56 Å². The van der Waals surface area contributed by atoms with E-state index in [4.69, 9.17) is 5.10 Å². The van der Waals surface area contributed by atoms with Gasteiger partial charge in [0.15, 0.2) is 0 Å². The maximum Gasteiger partial charge on any atom is 0.252 e. The van der Waals surface area contributed by atoms with Crippen molar-refractivity contribution in [3.63, 3.8) is 0 Å². The smallest absolute Gasteiger partial charge is 0.252 e. The molecule has 158 valence electrons. The van der Waals surface area contributed by atoms with E-state index in [1.165, 1.54) is 18.4 Å². The van der Waals surface area contributed by atoms with Gasteiger partial charge in [-0.25, -0.2) is 0 Å². The quantitative estimate of drug-likeness (QED) is 0.720. The third kappa shape index (κ3) is 3.82. The summed E-state index contributed by atoms with van der Waals surface area (Å²) in [5.74, 6) is 0. The lowest BCUT2D eigenvalue weighted by Gasteiger charge is -2.35. The fourth-order valence-corrected chi connectivity index (χ4v) is 5.11. The molecule has 2 atom stereocenters. The Bertz CT molecular complexity index is 1100. The van der Waals surface area contributed by atoms with Gasteiger partial charge in [-0.15, -0.1) is 0 Å². The van der Waals surface area contributed by atoms with E-state index >= 15 is 0 Å². The minimum atomic E-state index is 0.0297. The van der Waals surface area contributed by atoms with Gasteiger partial charge in [-0.1, -0.05) is 18.6 Å². The summed E-state index contributed by atoms with van der Waals surface area (Å²) in [5.41, 5.74) is 4.25. The molecule has 4 heterocycles. The summed E-state index contributed by atoms with van der Waals surface area (Å²) < 4.78 is 2.16. The largest absolute Gasteiger partial charge is 0.322 e. The number of hydrogen-bond donors (Lipinski definition) is 1. The van der Waals surface area contributed by atoms with E-state index in [0.29, 0.717) is 18.6 Å². The summed E-state index contributed by atoms with van der Waals surface area (Å²) in [5, 5.41) is 5.81. The highest BCUT2D eigenvalue weighted by atomic mass is 16.1. The Balaban J connectivity index is 1.39. The molecule has 5 rings (SSSR count). The van der Waals surface area contributed by atoms with Crippen LogP contribution in [-0.2, 0) is 6.54 Å². The number of aryl methyl sites for hydroxylation is 1. The minimum absolute atomic E-state index is 0.0297. The lowest BCUT2D eigenvalue weighted by molar-refractivity contribution is 0.140. The van der Waals surface area contributed by atoms with E-state index in [9.17, 15) is 4.79 Å². The molecule has 1 aromatic carbocycles. The molecule has 2 aromatic heterocycles. The number of aromatic amines is 1. The Kier molecular flexibility index (Phi) is 5.21. The number of likely N-dealkylation sites (tertiary alicyclic amines) is 2. The van der Waals surface area contributed by atoms with Crippen LogP contribution in [0.25, 0.3) is 10.9 Å². The lowest BCUT2D eigenvalue weighted by Crippen LogP contribution is -2.34. The average molecular weight is 406 g/mol. The molecule has 6 heteroatoms. The van der Waals surface area contributed by atoms with Gasteiger partial charge >= 0.3 is 0 Å². The number of benzene rings is 1. The van der Waals surface area contributed by atoms with Crippen LogP contribution in [0.3, 0.4) is 0 Å². The van der Waals surface area contributed by atoms with Crippen LogP contribution in [0.2, 0.25) is 0 Å². The fraction of sp³-hybridized carbons (Fsp3) is 0.500. The van der Waals surface area contributed by atoms with Gasteiger partial charge in [0.2, 0.25) is 0 Å². The second-order valence-corrected chi connectivity index (χ2v) is 9.15. The van der Waals surface area contributed by atoms with Crippen LogP contribution in [0.4, 0.5) is 0 Å². The molecule has 0 amide bonds. The Morgan fingerprint density at radius 2 is 2.07 bits per heavy atom. The summed E-state index contributed by atoms with van der Waals surface area (Å²) in [4.78, 5) is 20.7. The van der Waals surface area contributed by atoms with Gasteiger partial charge < -0.3 is 9.88 Å². The van der Waals surface area contributed by atoms with E-state index in [0.717, 1.165) is 54.5 Å². The third-order valence-electron chi connectivity index (χ3n) is 6.81. The highest BCUT2D eigenvalue weighted by Gasteiger charge is 2.28. The van der Waals surface area contributed by atoms with Crippen molar-refractivity contribution < 1.29 is 0 Å². The van der Waals surface area contributed by atoms with E-state index in [1.54, 1.807) is 0 Å². The van der Waals surface area contributed by atoms with Gasteiger partial charge in [0.05, 0.1) is 12.2 Å². The number of nitrogens with zero attached hydrogens (tertiary/aromatic N) is 4. The molecule has 3 aromatic rings. The fourth-order valence-electron chi connectivity index (χ4n) is 5.11. The zero-order valence-corrected chi connectivity index (χ0v) is 18.0. The van der Waals surface area contributed by atoms with Gasteiger partial charge in [0.25, 0.3) is 5.56 Å². The molecule has 0 bridgehead atoms. The maximum atomic E-state index is 12.8. The number of pyridine rings is 1. The summed E-state index contributed by atoms with van der Waals surface area (Å²) in [7, 11) is 2.18. The molecule has 2 saturated heterocycles. The summed E-state index contributed by atoms with van der Waals surface area (Å²) in [6.07, 6.45) is 9.00. The highest BCUT2D eigenvalue weighted by molar-refractivity contribution is 5.79. The molecular formula is C24H31N5O. The normalized spacial score (nSPS) is 23.4. The van der Waals surface area contributed by atoms with Gasteiger partial charge in [-0.3, -0.25) is 14.4 Å². The zero-order chi connectivity index (χ0) is 20.7. The van der Waals surface area contributed by atoms with Crippen LogP contribution in [0.1, 0.15) is 54.5 Å². The molecule has 2 fully saturated rings. The van der Waals surface area contributed by atoms with E-state index < -0.39 is 0 Å². The van der Waals surface area contributed by atoms with Gasteiger partial charge in [-0.05, 0) is 69.4 Å². The van der Waals surface area contributed by atoms with Crippen molar-refractivity contribution in [2.45, 2.75) is 51.2 Å². The van der Waals surface area contributed by atoms with Crippen molar-refractivity contribution in [3.8, 4) is 0 Å². The van der Waals surface area contributed by atoms with Crippen LogP contribution in [0.15, 0.2) is 41.5 Å². The van der Waals surface area contributed by atoms with Crippen molar-refractivity contribution in [1.82, 2.24) is 24.6 Å². The Hall–Kier alpha value is -2.44. The van der Waals surface area contributed by atoms with Crippen molar-refractivity contribution in [2.24, 2.45) is 0 Å². The lowest BCUT2D eigenvalue weighted by atomic mass is 9.96. The second-order valence-electron chi connectivity index (χ2n) is 9.15. The molecular weight excluding hydrogens is 374 g/mol. The first-order valence-corrected chi connectivity index (χ1v) is 11.2. The molecule has 2 unspecified atom stereocenters. The SMILES string of the molecule is Cc1ccc2cc(CN3CCCCC3c3cnn(C4CCN(C)C4)c3)c(=O)[nH]c2c1. The molecule has 0 saturated carbocycles. The Morgan fingerprint density at radius 1 is 1.17 bits per heavy atom. The van der Waals surface area contributed by atoms with E-state index in [1.807, 2.05) is 13.0 Å². The molecule has 1 N–H and O–H groups in total. The number of rotatable bonds is 4. The number of nitrogens with one attached hydrogen (secondary N) is 1. The second kappa shape index (κ2) is 8.00. The number of H-pyrrole nitrogens is 1. The summed E-state index contributed by atoms with van der Waals surface area (Å²) in [6.45, 7) is 5.96.